The number of nitrogens with zero attached hydrogens (tertiary/aromatic N) is 5. The summed E-state index contributed by atoms with van der Waals surface area (Å²) < 4.78 is 1.94. The second-order valence-electron chi connectivity index (χ2n) is 10.8. The number of rotatable bonds is 4. The number of hydrogen-bond acceptors (Lipinski definition) is 6. The van der Waals surface area contributed by atoms with Crippen LogP contribution in [0.5, 0.6) is 0 Å². The van der Waals surface area contributed by atoms with E-state index in [2.05, 4.69) is 30.7 Å². The van der Waals surface area contributed by atoms with E-state index in [1.54, 1.807) is 19.3 Å². The number of pyridine rings is 1. The third-order valence-corrected chi connectivity index (χ3v) is 7.17. The molecule has 0 radical (unpaired) electrons. The number of amides is 1. The summed E-state index contributed by atoms with van der Waals surface area (Å²) in [6.45, 7) is 10.6. The van der Waals surface area contributed by atoms with Crippen molar-refractivity contribution < 1.29 is 9.59 Å². The highest BCUT2D eigenvalue weighted by atomic mass is 16.2. The Kier molecular flexibility index (Phi) is 6.06. The van der Waals surface area contributed by atoms with Crippen molar-refractivity contribution in [1.82, 2.24) is 24.3 Å². The Labute approximate surface area is 216 Å². The van der Waals surface area contributed by atoms with Crippen molar-refractivity contribution in [1.29, 1.82) is 0 Å². The van der Waals surface area contributed by atoms with E-state index < -0.39 is 0 Å². The third kappa shape index (κ3) is 4.37. The first-order valence-electron chi connectivity index (χ1n) is 12.6. The van der Waals surface area contributed by atoms with Crippen LogP contribution in [0, 0.1) is 6.92 Å². The van der Waals surface area contributed by atoms with Crippen molar-refractivity contribution in [3.8, 4) is 11.3 Å². The van der Waals surface area contributed by atoms with Crippen molar-refractivity contribution in [2.24, 2.45) is 0 Å². The number of carbonyl (C=O) groups is 2. The van der Waals surface area contributed by atoms with Gasteiger partial charge in [0, 0.05) is 43.2 Å². The lowest BCUT2D eigenvalue weighted by atomic mass is 9.86. The van der Waals surface area contributed by atoms with Crippen LogP contribution in [0.25, 0.3) is 16.8 Å². The Balaban J connectivity index is 1.57. The zero-order valence-electron chi connectivity index (χ0n) is 21.9. The van der Waals surface area contributed by atoms with Crippen molar-refractivity contribution in [3.63, 3.8) is 0 Å². The van der Waals surface area contributed by atoms with E-state index in [1.165, 1.54) is 0 Å². The first-order valence-corrected chi connectivity index (χ1v) is 12.6. The summed E-state index contributed by atoms with van der Waals surface area (Å²) >= 11 is 0. The molecule has 0 unspecified atom stereocenters. The molecule has 1 aliphatic rings. The number of aromatic nitrogens is 4. The standard InChI is InChI=1S/C29H32N6O2/c1-17-15-19(8-9-21(17)26(37)22-16-20(10-11-31-22)29(3,4)5)24-25-27(30)32-12-14-35(25)28(33-24)23-7-6-13-34(23)18(2)36/h8-12,14-16,23H,6-7,13H2,1-5H3,(H2,30,32)/t23-/m0/s1. The molecule has 1 atom stereocenters. The van der Waals surface area contributed by atoms with E-state index >= 15 is 0 Å². The molecule has 0 saturated carbocycles. The van der Waals surface area contributed by atoms with Crippen molar-refractivity contribution in [3.05, 3.63) is 77.1 Å². The molecule has 4 aromatic rings. The average molecular weight is 497 g/mol. The summed E-state index contributed by atoms with van der Waals surface area (Å²) in [4.78, 5) is 41.2. The summed E-state index contributed by atoms with van der Waals surface area (Å²) in [7, 11) is 0. The lowest BCUT2D eigenvalue weighted by Crippen LogP contribution is -2.29. The quantitative estimate of drug-likeness (QED) is 0.403. The predicted molar refractivity (Wildman–Crippen MR) is 143 cm³/mol. The molecule has 5 rings (SSSR count). The highest BCUT2D eigenvalue weighted by molar-refractivity contribution is 6.09. The molecule has 1 aromatic carbocycles. The van der Waals surface area contributed by atoms with E-state index in [-0.39, 0.29) is 23.1 Å². The topological polar surface area (TPSA) is 106 Å². The van der Waals surface area contributed by atoms with Gasteiger partial charge in [0.1, 0.15) is 28.5 Å². The number of aryl methyl sites for hydroxylation is 1. The maximum Gasteiger partial charge on any atom is 0.220 e. The van der Waals surface area contributed by atoms with Crippen LogP contribution in [-0.2, 0) is 10.2 Å². The van der Waals surface area contributed by atoms with Crippen LogP contribution in [0.1, 0.15) is 79.6 Å². The van der Waals surface area contributed by atoms with Gasteiger partial charge in [-0.15, -0.1) is 0 Å². The summed E-state index contributed by atoms with van der Waals surface area (Å²) in [5, 5.41) is 0. The van der Waals surface area contributed by atoms with Gasteiger partial charge in [-0.25, -0.2) is 9.97 Å². The zero-order chi connectivity index (χ0) is 26.5. The molecule has 8 heteroatoms. The normalized spacial score (nSPS) is 15.9. The Hall–Kier alpha value is -4.07. The fourth-order valence-corrected chi connectivity index (χ4v) is 5.16. The Morgan fingerprint density at radius 2 is 1.86 bits per heavy atom. The molecule has 37 heavy (non-hydrogen) atoms. The van der Waals surface area contributed by atoms with Gasteiger partial charge in [-0.05, 0) is 54.5 Å². The highest BCUT2D eigenvalue weighted by Gasteiger charge is 2.32. The molecule has 0 spiro atoms. The average Bonchev–Trinajstić information content (AvgIpc) is 3.49. The number of benzene rings is 1. The second kappa shape index (κ2) is 9.10. The number of fused-ring (bicyclic) bond motifs is 1. The Bertz CT molecular complexity index is 1530. The van der Waals surface area contributed by atoms with Gasteiger partial charge in [0.15, 0.2) is 0 Å². The highest BCUT2D eigenvalue weighted by Crippen LogP contribution is 2.37. The van der Waals surface area contributed by atoms with Crippen molar-refractivity contribution in [2.45, 2.75) is 58.9 Å². The molecule has 1 amide bonds. The van der Waals surface area contributed by atoms with Crippen LogP contribution in [0.15, 0.2) is 48.9 Å². The zero-order valence-corrected chi connectivity index (χ0v) is 21.9. The fraction of sp³-hybridized carbons (Fsp3) is 0.345. The van der Waals surface area contributed by atoms with Crippen LogP contribution in [0.4, 0.5) is 5.82 Å². The molecular formula is C29H32N6O2. The van der Waals surface area contributed by atoms with Gasteiger partial charge in [-0.1, -0.05) is 32.9 Å². The van der Waals surface area contributed by atoms with Crippen LogP contribution >= 0.6 is 0 Å². The SMILES string of the molecule is CC(=O)N1CCC[C@H]1c1nc(-c2ccc(C(=O)c3cc(C(C)(C)C)ccn3)c(C)c2)c2c(N)nccn12. The molecule has 0 bridgehead atoms. The number of hydrogen-bond donors (Lipinski definition) is 1. The monoisotopic (exact) mass is 496 g/mol. The number of nitrogens with two attached hydrogens (primary N) is 1. The molecule has 1 fully saturated rings. The first-order chi connectivity index (χ1) is 17.6. The van der Waals surface area contributed by atoms with E-state index in [0.717, 1.165) is 35.4 Å². The number of ketones is 1. The van der Waals surface area contributed by atoms with E-state index in [4.69, 9.17) is 10.7 Å². The van der Waals surface area contributed by atoms with Crippen LogP contribution < -0.4 is 5.73 Å². The Morgan fingerprint density at radius 1 is 1.08 bits per heavy atom. The summed E-state index contributed by atoms with van der Waals surface area (Å²) in [5.41, 5.74) is 11.4. The van der Waals surface area contributed by atoms with Gasteiger partial charge in [0.05, 0.1) is 6.04 Å². The number of anilines is 1. The summed E-state index contributed by atoms with van der Waals surface area (Å²) in [6.07, 6.45) is 6.95. The van der Waals surface area contributed by atoms with E-state index in [0.29, 0.717) is 34.8 Å². The molecule has 3 aromatic heterocycles. The summed E-state index contributed by atoms with van der Waals surface area (Å²) in [5.74, 6) is 1.05. The van der Waals surface area contributed by atoms with Crippen LogP contribution in [0.2, 0.25) is 0 Å². The molecule has 190 valence electrons. The van der Waals surface area contributed by atoms with Gasteiger partial charge in [0.25, 0.3) is 0 Å². The second-order valence-corrected chi connectivity index (χ2v) is 10.8. The van der Waals surface area contributed by atoms with Crippen molar-refractivity contribution in [2.75, 3.05) is 12.3 Å². The third-order valence-electron chi connectivity index (χ3n) is 7.17. The minimum atomic E-state index is -0.122. The lowest BCUT2D eigenvalue weighted by Gasteiger charge is -2.22. The van der Waals surface area contributed by atoms with Gasteiger partial charge in [-0.3, -0.25) is 19.0 Å². The molecule has 0 aliphatic carbocycles. The van der Waals surface area contributed by atoms with E-state index in [9.17, 15) is 9.59 Å². The van der Waals surface area contributed by atoms with Gasteiger partial charge >= 0.3 is 0 Å². The summed E-state index contributed by atoms with van der Waals surface area (Å²) in [6, 6.07) is 9.38. The molecule has 4 heterocycles. The van der Waals surface area contributed by atoms with Crippen molar-refractivity contribution >= 4 is 23.0 Å². The fourth-order valence-electron chi connectivity index (χ4n) is 5.16. The molecular weight excluding hydrogens is 464 g/mol. The smallest absolute Gasteiger partial charge is 0.220 e. The van der Waals surface area contributed by atoms with Gasteiger partial charge < -0.3 is 10.6 Å². The number of likely N-dealkylation sites (tertiary alicyclic amines) is 1. The maximum atomic E-state index is 13.4. The minimum Gasteiger partial charge on any atom is -0.382 e. The lowest BCUT2D eigenvalue weighted by molar-refractivity contribution is -0.129. The number of carbonyl (C=O) groups excluding carboxylic acids is 2. The number of imidazole rings is 1. The Morgan fingerprint density at radius 3 is 2.57 bits per heavy atom. The van der Waals surface area contributed by atoms with E-state index in [1.807, 2.05) is 52.8 Å². The number of nitrogen functional groups attached to an aromatic ring is 1. The minimum absolute atomic E-state index is 0.0330. The van der Waals surface area contributed by atoms with Gasteiger partial charge in [-0.2, -0.15) is 0 Å². The molecule has 8 nitrogen and oxygen atoms in total. The molecule has 1 aliphatic heterocycles. The van der Waals surface area contributed by atoms with Crippen LogP contribution in [0.3, 0.4) is 0 Å². The maximum absolute atomic E-state index is 13.4. The largest absolute Gasteiger partial charge is 0.382 e. The molecule has 1 saturated heterocycles. The van der Waals surface area contributed by atoms with Crippen LogP contribution in [-0.4, -0.2) is 42.5 Å². The van der Waals surface area contributed by atoms with Gasteiger partial charge in [0.2, 0.25) is 11.7 Å². The predicted octanol–water partition coefficient (Wildman–Crippen LogP) is 4.89. The molecule has 2 N–H and O–H groups in total. The first kappa shape index (κ1) is 24.6.